The zero-order chi connectivity index (χ0) is 17.3. The van der Waals surface area contributed by atoms with Gasteiger partial charge in [0.2, 0.25) is 11.9 Å². The van der Waals surface area contributed by atoms with E-state index in [4.69, 9.17) is 0 Å². The predicted molar refractivity (Wildman–Crippen MR) is 84.9 cm³/mol. The summed E-state index contributed by atoms with van der Waals surface area (Å²) in [6.45, 7) is 1.72. The van der Waals surface area contributed by atoms with Crippen molar-refractivity contribution in [1.82, 2.24) is 16.2 Å². The van der Waals surface area contributed by atoms with Crippen LogP contribution in [0.3, 0.4) is 0 Å². The molecular weight excluding hydrogens is 315 g/mol. The molecule has 5 unspecified atom stereocenters. The number of hydrazine groups is 1. The number of benzene rings is 1. The zero-order valence-corrected chi connectivity index (χ0v) is 13.4. The zero-order valence-electron chi connectivity index (χ0n) is 13.4. The Labute approximate surface area is 139 Å². The summed E-state index contributed by atoms with van der Waals surface area (Å²) in [5, 5.41) is 13.8. The molecule has 3 rings (SSSR count). The van der Waals surface area contributed by atoms with Gasteiger partial charge in [0.1, 0.15) is 11.9 Å². The maximum Gasteiger partial charge on any atom is 0.239 e. The molecule has 0 bridgehead atoms. The van der Waals surface area contributed by atoms with Crippen LogP contribution in [0.4, 0.5) is 4.39 Å². The van der Waals surface area contributed by atoms with Crippen LogP contribution in [0.25, 0.3) is 0 Å². The second-order valence-electron chi connectivity index (χ2n) is 6.54. The molecule has 0 spiro atoms. The van der Waals surface area contributed by atoms with Crippen LogP contribution in [0.5, 0.6) is 0 Å². The van der Waals surface area contributed by atoms with E-state index in [0.29, 0.717) is 24.8 Å². The third-order valence-corrected chi connectivity index (χ3v) is 5.04. The van der Waals surface area contributed by atoms with Gasteiger partial charge in [-0.2, -0.15) is 0 Å². The number of hydrogen-bond acceptors (Lipinski definition) is 5. The minimum atomic E-state index is -0.604. The monoisotopic (exact) mass is 336 g/mol. The molecule has 5 atom stereocenters. The van der Waals surface area contributed by atoms with E-state index >= 15 is 0 Å². The Morgan fingerprint density at radius 3 is 2.83 bits per heavy atom. The smallest absolute Gasteiger partial charge is 0.239 e. The molecule has 1 saturated heterocycles. The van der Waals surface area contributed by atoms with Crippen molar-refractivity contribution in [3.05, 3.63) is 45.8 Å². The molecule has 1 aromatic carbocycles. The van der Waals surface area contributed by atoms with Crippen molar-refractivity contribution < 1.29 is 14.1 Å². The lowest BCUT2D eigenvalue weighted by Crippen LogP contribution is -2.47. The van der Waals surface area contributed by atoms with Crippen LogP contribution in [0.15, 0.2) is 24.3 Å². The van der Waals surface area contributed by atoms with Gasteiger partial charge in [0.15, 0.2) is 0 Å². The molecule has 130 valence electrons. The summed E-state index contributed by atoms with van der Waals surface area (Å²) in [4.78, 5) is 23.3. The Balaban J connectivity index is 1.66. The number of carbonyl (C=O) groups excluding carboxylic acids is 1. The Kier molecular flexibility index (Phi) is 4.77. The number of fused-ring (bicyclic) bond motifs is 1. The van der Waals surface area contributed by atoms with Gasteiger partial charge >= 0.3 is 0 Å². The van der Waals surface area contributed by atoms with Gasteiger partial charge < -0.3 is 5.32 Å². The summed E-state index contributed by atoms with van der Waals surface area (Å²) in [5.41, 5.74) is 6.43. The molecule has 1 aliphatic carbocycles. The molecular formula is C16H21FN4O3. The van der Waals surface area contributed by atoms with E-state index in [2.05, 4.69) is 16.2 Å². The van der Waals surface area contributed by atoms with Crippen molar-refractivity contribution in [3.63, 3.8) is 0 Å². The Morgan fingerprint density at radius 1 is 1.38 bits per heavy atom. The van der Waals surface area contributed by atoms with Gasteiger partial charge in [-0.1, -0.05) is 18.2 Å². The molecule has 0 radical (unpaired) electrons. The average molecular weight is 336 g/mol. The Hall–Kier alpha value is -2.06. The number of amides is 1. The van der Waals surface area contributed by atoms with Crippen molar-refractivity contribution in [2.24, 2.45) is 5.92 Å². The first-order valence-electron chi connectivity index (χ1n) is 8.16. The number of halogens is 1. The number of rotatable bonds is 4. The fraction of sp³-hybridized carbons (Fsp3) is 0.562. The maximum absolute atomic E-state index is 13.8. The Morgan fingerprint density at radius 2 is 2.12 bits per heavy atom. The average Bonchev–Trinajstić information content (AvgIpc) is 2.98. The van der Waals surface area contributed by atoms with Crippen molar-refractivity contribution >= 4 is 5.91 Å². The highest BCUT2D eigenvalue weighted by Gasteiger charge is 2.46. The molecule has 1 aliphatic heterocycles. The van der Waals surface area contributed by atoms with E-state index in [1.165, 1.54) is 6.07 Å². The number of nitrogens with one attached hydrogen (secondary N) is 3. The molecule has 1 saturated carbocycles. The molecule has 0 aromatic heterocycles. The van der Waals surface area contributed by atoms with Crippen molar-refractivity contribution in [2.45, 2.75) is 50.4 Å². The summed E-state index contributed by atoms with van der Waals surface area (Å²) < 4.78 is 13.8. The van der Waals surface area contributed by atoms with Crippen molar-refractivity contribution in [2.75, 3.05) is 0 Å². The van der Waals surface area contributed by atoms with E-state index < -0.39 is 18.1 Å². The van der Waals surface area contributed by atoms with Crippen LogP contribution < -0.4 is 16.2 Å². The minimum absolute atomic E-state index is 0.0562. The maximum atomic E-state index is 13.8. The summed E-state index contributed by atoms with van der Waals surface area (Å²) >= 11 is 0. The molecule has 2 aliphatic rings. The van der Waals surface area contributed by atoms with Crippen molar-refractivity contribution in [1.29, 1.82) is 0 Å². The minimum Gasteiger partial charge on any atom is -0.348 e. The van der Waals surface area contributed by atoms with E-state index in [-0.39, 0.29) is 28.6 Å². The van der Waals surface area contributed by atoms with E-state index in [9.17, 15) is 19.3 Å². The van der Waals surface area contributed by atoms with Gasteiger partial charge in [0.25, 0.3) is 0 Å². The lowest BCUT2D eigenvalue weighted by Gasteiger charge is -2.29. The number of hydrogen-bond donors (Lipinski definition) is 3. The number of nitrogens with zero attached hydrogens (tertiary/aromatic N) is 1. The van der Waals surface area contributed by atoms with Gasteiger partial charge in [0, 0.05) is 35.3 Å². The molecule has 7 nitrogen and oxygen atoms in total. The first-order chi connectivity index (χ1) is 11.5. The van der Waals surface area contributed by atoms with Gasteiger partial charge in [-0.05, 0) is 19.4 Å². The van der Waals surface area contributed by atoms with Gasteiger partial charge in [0.05, 0.1) is 6.04 Å². The first kappa shape index (κ1) is 16.8. The summed E-state index contributed by atoms with van der Waals surface area (Å²) in [5.74, 6) is -0.775. The quantitative estimate of drug-likeness (QED) is 0.569. The largest absolute Gasteiger partial charge is 0.348 e. The fourth-order valence-corrected chi connectivity index (χ4v) is 3.69. The molecule has 8 heteroatoms. The Bertz CT molecular complexity index is 642. The number of carbonyl (C=O) groups is 1. The topological polar surface area (TPSA) is 96.3 Å². The van der Waals surface area contributed by atoms with E-state index in [1.54, 1.807) is 25.1 Å². The van der Waals surface area contributed by atoms with Gasteiger partial charge in [-0.25, -0.2) is 9.82 Å². The van der Waals surface area contributed by atoms with E-state index in [1.807, 2.05) is 0 Å². The van der Waals surface area contributed by atoms with Crippen LogP contribution in [-0.4, -0.2) is 29.0 Å². The van der Waals surface area contributed by atoms with Gasteiger partial charge in [-0.3, -0.25) is 20.3 Å². The van der Waals surface area contributed by atoms with Crippen LogP contribution >= 0.6 is 0 Å². The molecule has 3 N–H and O–H groups in total. The molecule has 1 heterocycles. The summed E-state index contributed by atoms with van der Waals surface area (Å²) in [7, 11) is 0. The molecule has 2 fully saturated rings. The first-order valence-corrected chi connectivity index (χ1v) is 8.16. The highest BCUT2D eigenvalue weighted by Crippen LogP contribution is 2.32. The third kappa shape index (κ3) is 3.25. The van der Waals surface area contributed by atoms with Gasteiger partial charge in [-0.15, -0.1) is 0 Å². The predicted octanol–water partition coefficient (Wildman–Crippen LogP) is 1.29. The number of nitro groups is 1. The van der Waals surface area contributed by atoms with E-state index in [0.717, 1.165) is 0 Å². The highest BCUT2D eigenvalue weighted by atomic mass is 19.1. The fourth-order valence-electron chi connectivity index (χ4n) is 3.69. The third-order valence-electron chi connectivity index (χ3n) is 5.04. The molecule has 1 amide bonds. The second-order valence-corrected chi connectivity index (χ2v) is 6.54. The van der Waals surface area contributed by atoms with Crippen LogP contribution in [0.2, 0.25) is 0 Å². The standard InChI is InChI=1S/C16H21FN4O3/c1-9(11-4-2-3-5-13(11)17)18-16(22)15-12-8-10(21(23)24)6-7-14(12)19-20-15/h2-5,9-10,12,14-15,19-20H,6-8H2,1H3,(H,18,22). The molecule has 24 heavy (non-hydrogen) atoms. The van der Waals surface area contributed by atoms with Crippen LogP contribution in [0, 0.1) is 21.8 Å². The van der Waals surface area contributed by atoms with Crippen LogP contribution in [-0.2, 0) is 4.79 Å². The summed E-state index contributed by atoms with van der Waals surface area (Å²) in [6, 6.07) is 4.73. The SMILES string of the molecule is CC(NC(=O)C1NNC2CCC([N+](=O)[O-])CC21)c1ccccc1F. The second kappa shape index (κ2) is 6.82. The van der Waals surface area contributed by atoms with Crippen molar-refractivity contribution in [3.8, 4) is 0 Å². The summed E-state index contributed by atoms with van der Waals surface area (Å²) in [6.07, 6.45) is 1.54. The normalized spacial score (nSPS) is 30.4. The molecule has 1 aromatic rings. The highest BCUT2D eigenvalue weighted by molar-refractivity contribution is 5.83. The lowest BCUT2D eigenvalue weighted by molar-refractivity contribution is -0.528. The van der Waals surface area contributed by atoms with Crippen LogP contribution in [0.1, 0.15) is 37.8 Å². The lowest BCUT2D eigenvalue weighted by atomic mass is 9.79.